The molecule has 0 radical (unpaired) electrons. The number of hydrogen-bond donors (Lipinski definition) is 1. The van der Waals surface area contributed by atoms with E-state index in [0.29, 0.717) is 0 Å². The summed E-state index contributed by atoms with van der Waals surface area (Å²) in [5.74, 6) is 0.355. The quantitative estimate of drug-likeness (QED) is 0.755. The summed E-state index contributed by atoms with van der Waals surface area (Å²) in [6.45, 7) is 9.85. The van der Waals surface area contributed by atoms with Gasteiger partial charge >= 0.3 is 0 Å². The minimum absolute atomic E-state index is 0.0856. The zero-order valence-corrected chi connectivity index (χ0v) is 9.96. The van der Waals surface area contributed by atoms with Crippen LogP contribution in [0.3, 0.4) is 0 Å². The molecular formula is C11H21NO2. The minimum atomic E-state index is 0.0856. The van der Waals surface area contributed by atoms with Gasteiger partial charge in [0, 0.05) is 6.20 Å². The lowest BCUT2D eigenvalue weighted by Crippen LogP contribution is -1.87. The highest BCUT2D eigenvalue weighted by atomic mass is 16.5. The number of aryl methyl sites for hydroxylation is 1. The highest BCUT2D eigenvalue weighted by molar-refractivity contribution is 5.33. The van der Waals surface area contributed by atoms with Crippen LogP contribution in [-0.4, -0.2) is 17.2 Å². The Balaban J connectivity index is 0. The van der Waals surface area contributed by atoms with Crippen LogP contribution in [-0.2, 0) is 0 Å². The summed E-state index contributed by atoms with van der Waals surface area (Å²) in [4.78, 5) is 3.82. The summed E-state index contributed by atoms with van der Waals surface area (Å²) < 4.78 is 4.74. The van der Waals surface area contributed by atoms with Gasteiger partial charge in [0.1, 0.15) is 0 Å². The van der Waals surface area contributed by atoms with Crippen molar-refractivity contribution in [3.05, 3.63) is 17.8 Å². The molecule has 0 aromatic carbocycles. The molecule has 0 saturated carbocycles. The maximum absolute atomic E-state index is 9.10. The molecular weight excluding hydrogens is 178 g/mol. The highest BCUT2D eigenvalue weighted by Gasteiger charge is 1.99. The topological polar surface area (TPSA) is 42.4 Å². The monoisotopic (exact) mass is 199 g/mol. The predicted molar refractivity (Wildman–Crippen MR) is 59.9 cm³/mol. The van der Waals surface area contributed by atoms with E-state index in [1.807, 2.05) is 34.6 Å². The Morgan fingerprint density at radius 3 is 2.07 bits per heavy atom. The van der Waals surface area contributed by atoms with E-state index in [0.717, 1.165) is 5.56 Å². The third-order valence-electron chi connectivity index (χ3n) is 1.16. The first-order valence-corrected chi connectivity index (χ1v) is 4.93. The Bertz CT molecular complexity index is 237. The van der Waals surface area contributed by atoms with Gasteiger partial charge in [-0.2, -0.15) is 0 Å². The molecule has 1 aromatic heterocycles. The van der Waals surface area contributed by atoms with Crippen LogP contribution in [0, 0.1) is 6.92 Å². The standard InChI is InChI=1S/C7H9NO2.2C2H6/c1-5-3-6(9)7(10-2)8-4-5;2*1-2/h3-4,9H,1-2H3;2*1-2H3. The first kappa shape index (κ1) is 15.2. The van der Waals surface area contributed by atoms with E-state index in [1.54, 1.807) is 12.3 Å². The molecule has 1 rings (SSSR count). The van der Waals surface area contributed by atoms with Crippen molar-refractivity contribution in [2.45, 2.75) is 34.6 Å². The molecule has 0 aliphatic rings. The summed E-state index contributed by atoms with van der Waals surface area (Å²) in [5, 5.41) is 9.10. The Kier molecular flexibility index (Phi) is 10.7. The van der Waals surface area contributed by atoms with Crippen molar-refractivity contribution in [2.75, 3.05) is 7.11 Å². The van der Waals surface area contributed by atoms with Gasteiger partial charge < -0.3 is 9.84 Å². The van der Waals surface area contributed by atoms with Crippen molar-refractivity contribution < 1.29 is 9.84 Å². The van der Waals surface area contributed by atoms with Crippen molar-refractivity contribution in [1.82, 2.24) is 4.98 Å². The van der Waals surface area contributed by atoms with Crippen molar-refractivity contribution >= 4 is 0 Å². The summed E-state index contributed by atoms with van der Waals surface area (Å²) in [5.41, 5.74) is 0.915. The van der Waals surface area contributed by atoms with Gasteiger partial charge in [-0.1, -0.05) is 27.7 Å². The van der Waals surface area contributed by atoms with Crippen LogP contribution in [0.2, 0.25) is 0 Å². The zero-order valence-electron chi connectivity index (χ0n) is 9.96. The molecule has 1 aromatic rings. The van der Waals surface area contributed by atoms with Crippen LogP contribution in [0.4, 0.5) is 0 Å². The number of methoxy groups -OCH3 is 1. The largest absolute Gasteiger partial charge is 0.503 e. The van der Waals surface area contributed by atoms with Gasteiger partial charge in [0.05, 0.1) is 7.11 Å². The van der Waals surface area contributed by atoms with Crippen LogP contribution < -0.4 is 4.74 Å². The van der Waals surface area contributed by atoms with Crippen molar-refractivity contribution in [2.24, 2.45) is 0 Å². The minimum Gasteiger partial charge on any atom is -0.503 e. The highest BCUT2D eigenvalue weighted by Crippen LogP contribution is 2.21. The van der Waals surface area contributed by atoms with Gasteiger partial charge in [0.15, 0.2) is 5.75 Å². The SMILES string of the molecule is CC.CC.COc1ncc(C)cc1O. The molecule has 1 heterocycles. The molecule has 0 unspecified atom stereocenters. The summed E-state index contributed by atoms with van der Waals surface area (Å²) >= 11 is 0. The van der Waals surface area contributed by atoms with Crippen LogP contribution in [0.25, 0.3) is 0 Å². The van der Waals surface area contributed by atoms with Crippen LogP contribution >= 0.6 is 0 Å². The molecule has 82 valence electrons. The Labute approximate surface area is 86.8 Å². The van der Waals surface area contributed by atoms with Crippen LogP contribution in [0.5, 0.6) is 11.6 Å². The van der Waals surface area contributed by atoms with Crippen molar-refractivity contribution in [3.8, 4) is 11.6 Å². The molecule has 0 aliphatic carbocycles. The molecule has 0 amide bonds. The lowest BCUT2D eigenvalue weighted by molar-refractivity contribution is 0.358. The second-order valence-electron chi connectivity index (χ2n) is 2.04. The zero-order chi connectivity index (χ0) is 11.6. The average Bonchev–Trinajstić information content (AvgIpc) is 2.24. The van der Waals surface area contributed by atoms with Crippen LogP contribution in [0.15, 0.2) is 12.3 Å². The van der Waals surface area contributed by atoms with Crippen molar-refractivity contribution in [3.63, 3.8) is 0 Å². The third kappa shape index (κ3) is 5.41. The van der Waals surface area contributed by atoms with Gasteiger partial charge in [-0.3, -0.25) is 0 Å². The number of rotatable bonds is 1. The Morgan fingerprint density at radius 1 is 1.21 bits per heavy atom. The van der Waals surface area contributed by atoms with E-state index in [9.17, 15) is 0 Å². The fraction of sp³-hybridized carbons (Fsp3) is 0.545. The van der Waals surface area contributed by atoms with Crippen molar-refractivity contribution in [1.29, 1.82) is 0 Å². The maximum atomic E-state index is 9.10. The third-order valence-corrected chi connectivity index (χ3v) is 1.16. The lowest BCUT2D eigenvalue weighted by Gasteiger charge is -2.00. The summed E-state index contributed by atoms with van der Waals surface area (Å²) in [6.07, 6.45) is 1.64. The molecule has 14 heavy (non-hydrogen) atoms. The van der Waals surface area contributed by atoms with Gasteiger partial charge in [0.2, 0.25) is 0 Å². The smallest absolute Gasteiger partial charge is 0.256 e. The number of pyridine rings is 1. The molecule has 1 N–H and O–H groups in total. The van der Waals surface area contributed by atoms with E-state index in [1.165, 1.54) is 7.11 Å². The van der Waals surface area contributed by atoms with Gasteiger partial charge in [-0.15, -0.1) is 0 Å². The number of hydrogen-bond acceptors (Lipinski definition) is 3. The molecule has 0 bridgehead atoms. The van der Waals surface area contributed by atoms with E-state index in [2.05, 4.69) is 4.98 Å². The summed E-state index contributed by atoms with van der Waals surface area (Å²) in [6, 6.07) is 1.60. The fourth-order valence-corrected chi connectivity index (χ4v) is 0.699. The van der Waals surface area contributed by atoms with E-state index >= 15 is 0 Å². The van der Waals surface area contributed by atoms with E-state index in [-0.39, 0.29) is 11.6 Å². The van der Waals surface area contributed by atoms with E-state index in [4.69, 9.17) is 9.84 Å². The number of aromatic hydroxyl groups is 1. The first-order chi connectivity index (χ1) is 6.74. The fourth-order valence-electron chi connectivity index (χ4n) is 0.699. The molecule has 0 aliphatic heterocycles. The Hall–Kier alpha value is -1.25. The number of ether oxygens (including phenoxy) is 1. The molecule has 3 nitrogen and oxygen atoms in total. The van der Waals surface area contributed by atoms with Gasteiger partial charge in [-0.05, 0) is 18.6 Å². The Morgan fingerprint density at radius 2 is 1.71 bits per heavy atom. The molecule has 0 atom stereocenters. The normalized spacial score (nSPS) is 7.57. The number of aromatic nitrogens is 1. The maximum Gasteiger partial charge on any atom is 0.256 e. The van der Waals surface area contributed by atoms with E-state index < -0.39 is 0 Å². The number of nitrogens with zero attached hydrogens (tertiary/aromatic N) is 1. The molecule has 0 fully saturated rings. The molecule has 3 heteroatoms. The summed E-state index contributed by atoms with van der Waals surface area (Å²) in [7, 11) is 1.47. The average molecular weight is 199 g/mol. The predicted octanol–water partition coefficient (Wildman–Crippen LogP) is 3.16. The first-order valence-electron chi connectivity index (χ1n) is 4.93. The van der Waals surface area contributed by atoms with Gasteiger partial charge in [0.25, 0.3) is 5.88 Å². The second-order valence-corrected chi connectivity index (χ2v) is 2.04. The van der Waals surface area contributed by atoms with Gasteiger partial charge in [-0.25, -0.2) is 4.98 Å². The van der Waals surface area contributed by atoms with Crippen LogP contribution in [0.1, 0.15) is 33.3 Å². The molecule has 0 spiro atoms. The second kappa shape index (κ2) is 9.84. The molecule has 0 saturated heterocycles. The lowest BCUT2D eigenvalue weighted by atomic mass is 10.3.